The first-order chi connectivity index (χ1) is 3.87. The van der Waals surface area contributed by atoms with Crippen molar-refractivity contribution in [3.63, 3.8) is 0 Å². The maximum absolute atomic E-state index is 3.39. The summed E-state index contributed by atoms with van der Waals surface area (Å²) in [7, 11) is 0. The summed E-state index contributed by atoms with van der Waals surface area (Å²) in [6.07, 6.45) is 3.70. The Kier molecular flexibility index (Phi) is 0.910. The summed E-state index contributed by atoms with van der Waals surface area (Å²) in [5, 5.41) is 3.39. The zero-order chi connectivity index (χ0) is 5.61. The molecule has 0 amide bonds. The van der Waals surface area contributed by atoms with Gasteiger partial charge in [-0.05, 0) is 25.1 Å². The van der Waals surface area contributed by atoms with Crippen LogP contribution in [0.4, 0.5) is 0 Å². The quantitative estimate of drug-likeness (QED) is 0.559. The standard InChI is InChI=1S/C6H11NS/c1-8-6-2-5(6)3-7-4-6/h5,7H,2-4H2,1H3. The lowest BCUT2D eigenvalue weighted by atomic mass is 10.4. The lowest BCUT2D eigenvalue weighted by Crippen LogP contribution is -2.17. The number of rotatable bonds is 1. The van der Waals surface area contributed by atoms with Gasteiger partial charge in [-0.15, -0.1) is 0 Å². The van der Waals surface area contributed by atoms with Crippen molar-refractivity contribution in [2.24, 2.45) is 5.92 Å². The van der Waals surface area contributed by atoms with Gasteiger partial charge >= 0.3 is 0 Å². The van der Waals surface area contributed by atoms with E-state index < -0.39 is 0 Å². The van der Waals surface area contributed by atoms with Crippen LogP contribution in [-0.4, -0.2) is 24.1 Å². The summed E-state index contributed by atoms with van der Waals surface area (Å²) < 4.78 is 0.708. The molecule has 1 heterocycles. The average Bonchev–Trinajstić information content (AvgIpc) is 2.38. The molecule has 1 saturated carbocycles. The van der Waals surface area contributed by atoms with E-state index in [0.29, 0.717) is 4.75 Å². The average molecular weight is 129 g/mol. The number of thioether (sulfide) groups is 1. The summed E-state index contributed by atoms with van der Waals surface area (Å²) >= 11 is 2.05. The molecular formula is C6H11NS. The van der Waals surface area contributed by atoms with Crippen molar-refractivity contribution >= 4 is 11.8 Å². The molecule has 2 rings (SSSR count). The third-order valence-corrected chi connectivity index (χ3v) is 3.85. The molecule has 0 aromatic rings. The van der Waals surface area contributed by atoms with Crippen molar-refractivity contribution in [2.45, 2.75) is 11.2 Å². The number of nitrogens with one attached hydrogen (secondary N) is 1. The molecule has 0 bridgehead atoms. The van der Waals surface area contributed by atoms with Crippen LogP contribution in [0.15, 0.2) is 0 Å². The Morgan fingerprint density at radius 3 is 2.88 bits per heavy atom. The summed E-state index contributed by atoms with van der Waals surface area (Å²) in [5.74, 6) is 1.03. The summed E-state index contributed by atoms with van der Waals surface area (Å²) in [6, 6.07) is 0. The molecule has 0 aromatic carbocycles. The molecular weight excluding hydrogens is 118 g/mol. The van der Waals surface area contributed by atoms with E-state index in [2.05, 4.69) is 11.6 Å². The van der Waals surface area contributed by atoms with Crippen LogP contribution in [0.2, 0.25) is 0 Å². The first-order valence-corrected chi connectivity index (χ1v) is 4.36. The van der Waals surface area contributed by atoms with Crippen LogP contribution >= 0.6 is 11.8 Å². The highest BCUT2D eigenvalue weighted by molar-refractivity contribution is 8.00. The monoisotopic (exact) mass is 129 g/mol. The van der Waals surface area contributed by atoms with Crippen molar-refractivity contribution in [3.8, 4) is 0 Å². The molecule has 1 aliphatic heterocycles. The molecule has 1 saturated heterocycles. The molecule has 2 unspecified atom stereocenters. The normalized spacial score (nSPS) is 51.4. The Labute approximate surface area is 54.2 Å². The molecule has 0 aromatic heterocycles. The Hall–Kier alpha value is 0.310. The second-order valence-electron chi connectivity index (χ2n) is 2.80. The van der Waals surface area contributed by atoms with Gasteiger partial charge in [0.2, 0.25) is 0 Å². The number of hydrogen-bond acceptors (Lipinski definition) is 2. The maximum atomic E-state index is 3.39. The predicted octanol–water partition coefficient (Wildman–Crippen LogP) is 0.711. The summed E-state index contributed by atoms with van der Waals surface area (Å²) in [5.41, 5.74) is 0. The zero-order valence-electron chi connectivity index (χ0n) is 5.11. The van der Waals surface area contributed by atoms with Gasteiger partial charge in [0.15, 0.2) is 0 Å². The molecule has 2 fully saturated rings. The fraction of sp³-hybridized carbons (Fsp3) is 1.00. The van der Waals surface area contributed by atoms with E-state index in [0.717, 1.165) is 5.92 Å². The number of fused-ring (bicyclic) bond motifs is 1. The number of piperidine rings is 1. The third kappa shape index (κ3) is 0.477. The minimum atomic E-state index is 0.708. The fourth-order valence-corrected chi connectivity index (χ4v) is 2.64. The van der Waals surface area contributed by atoms with Crippen molar-refractivity contribution in [1.82, 2.24) is 5.32 Å². The first kappa shape index (κ1) is 5.12. The molecule has 2 atom stereocenters. The highest BCUT2D eigenvalue weighted by Gasteiger charge is 2.56. The molecule has 0 spiro atoms. The van der Waals surface area contributed by atoms with E-state index >= 15 is 0 Å². The van der Waals surface area contributed by atoms with Gasteiger partial charge in [0.1, 0.15) is 0 Å². The second-order valence-corrected chi connectivity index (χ2v) is 4.02. The smallest absolute Gasteiger partial charge is 0.0326 e. The van der Waals surface area contributed by atoms with Crippen LogP contribution < -0.4 is 5.32 Å². The SMILES string of the molecule is CSC12CNCC1C2. The second kappa shape index (κ2) is 1.42. The van der Waals surface area contributed by atoms with Crippen molar-refractivity contribution in [1.29, 1.82) is 0 Å². The number of hydrogen-bond donors (Lipinski definition) is 1. The van der Waals surface area contributed by atoms with Gasteiger partial charge in [0.05, 0.1) is 0 Å². The van der Waals surface area contributed by atoms with Crippen molar-refractivity contribution in [2.75, 3.05) is 19.3 Å². The van der Waals surface area contributed by atoms with Gasteiger partial charge in [-0.25, -0.2) is 0 Å². The van der Waals surface area contributed by atoms with Crippen molar-refractivity contribution in [3.05, 3.63) is 0 Å². The van der Waals surface area contributed by atoms with Gasteiger partial charge in [0.25, 0.3) is 0 Å². The lowest BCUT2D eigenvalue weighted by molar-refractivity contribution is 0.739. The molecule has 2 heteroatoms. The van der Waals surface area contributed by atoms with Gasteiger partial charge < -0.3 is 5.32 Å². The molecule has 1 nitrogen and oxygen atoms in total. The minimum Gasteiger partial charge on any atom is -0.315 e. The van der Waals surface area contributed by atoms with Crippen molar-refractivity contribution < 1.29 is 0 Å². The van der Waals surface area contributed by atoms with Crippen LogP contribution in [0.25, 0.3) is 0 Å². The molecule has 0 radical (unpaired) electrons. The first-order valence-electron chi connectivity index (χ1n) is 3.13. The van der Waals surface area contributed by atoms with Crippen LogP contribution in [0.3, 0.4) is 0 Å². The molecule has 46 valence electrons. The zero-order valence-corrected chi connectivity index (χ0v) is 5.92. The van der Waals surface area contributed by atoms with Crippen LogP contribution in [0.5, 0.6) is 0 Å². The topological polar surface area (TPSA) is 12.0 Å². The Morgan fingerprint density at radius 1 is 1.75 bits per heavy atom. The Bertz CT molecular complexity index is 111. The van der Waals surface area contributed by atoms with Crippen LogP contribution in [0.1, 0.15) is 6.42 Å². The molecule has 8 heavy (non-hydrogen) atoms. The van der Waals surface area contributed by atoms with Crippen LogP contribution in [0, 0.1) is 5.92 Å². The third-order valence-electron chi connectivity index (χ3n) is 2.40. The van der Waals surface area contributed by atoms with E-state index in [1.807, 2.05) is 11.8 Å². The lowest BCUT2D eigenvalue weighted by Gasteiger charge is -2.04. The highest BCUT2D eigenvalue weighted by atomic mass is 32.2. The largest absolute Gasteiger partial charge is 0.315 e. The fourth-order valence-electron chi connectivity index (χ4n) is 1.61. The van der Waals surface area contributed by atoms with Gasteiger partial charge in [-0.3, -0.25) is 0 Å². The van der Waals surface area contributed by atoms with Crippen LogP contribution in [-0.2, 0) is 0 Å². The van der Waals surface area contributed by atoms with Gasteiger partial charge in [-0.2, -0.15) is 11.8 Å². The van der Waals surface area contributed by atoms with E-state index in [4.69, 9.17) is 0 Å². The highest BCUT2D eigenvalue weighted by Crippen LogP contribution is 2.55. The molecule has 1 aliphatic carbocycles. The van der Waals surface area contributed by atoms with Gasteiger partial charge in [0, 0.05) is 11.3 Å². The van der Waals surface area contributed by atoms with E-state index in [1.54, 1.807) is 0 Å². The summed E-state index contributed by atoms with van der Waals surface area (Å²) in [4.78, 5) is 0. The minimum absolute atomic E-state index is 0.708. The Morgan fingerprint density at radius 2 is 2.62 bits per heavy atom. The van der Waals surface area contributed by atoms with E-state index in [1.165, 1.54) is 19.5 Å². The van der Waals surface area contributed by atoms with E-state index in [-0.39, 0.29) is 0 Å². The van der Waals surface area contributed by atoms with Gasteiger partial charge in [-0.1, -0.05) is 0 Å². The molecule has 2 aliphatic rings. The maximum Gasteiger partial charge on any atom is 0.0326 e. The Balaban J connectivity index is 2.08. The summed E-state index contributed by atoms with van der Waals surface area (Å²) in [6.45, 7) is 2.54. The van der Waals surface area contributed by atoms with E-state index in [9.17, 15) is 0 Å². The molecule has 1 N–H and O–H groups in total. The predicted molar refractivity (Wildman–Crippen MR) is 37.2 cm³/mol.